The number of aliphatic hydroxyl groups is 1. The molecule has 2 atom stereocenters. The Morgan fingerprint density at radius 1 is 1.21 bits per heavy atom. The maximum absolute atomic E-state index is 9.54. The van der Waals surface area contributed by atoms with E-state index in [9.17, 15) is 5.11 Å². The normalized spacial score (nSPS) is 28.3. The van der Waals surface area contributed by atoms with E-state index in [2.05, 4.69) is 32.6 Å². The highest BCUT2D eigenvalue weighted by molar-refractivity contribution is 4.84. The third-order valence-corrected chi connectivity index (χ3v) is 3.09. The van der Waals surface area contributed by atoms with Gasteiger partial charge >= 0.3 is 0 Å². The summed E-state index contributed by atoms with van der Waals surface area (Å²) in [6.45, 7) is 10.2. The monoisotopic (exact) mass is 199 g/mol. The second kappa shape index (κ2) is 5.13. The summed E-state index contributed by atoms with van der Waals surface area (Å²) in [6.07, 6.45) is 3.09. The van der Waals surface area contributed by atoms with Crippen LogP contribution >= 0.6 is 0 Å². The Labute approximate surface area is 88.3 Å². The molecule has 0 aliphatic heterocycles. The third-order valence-electron chi connectivity index (χ3n) is 3.09. The van der Waals surface area contributed by atoms with Gasteiger partial charge in [-0.15, -0.1) is 0 Å². The Morgan fingerprint density at radius 3 is 2.21 bits per heavy atom. The fourth-order valence-electron chi connectivity index (χ4n) is 2.44. The van der Waals surface area contributed by atoms with Crippen LogP contribution < -0.4 is 0 Å². The average Bonchev–Trinajstić information content (AvgIpc) is 2.46. The van der Waals surface area contributed by atoms with E-state index in [0.717, 1.165) is 25.3 Å². The van der Waals surface area contributed by atoms with Crippen molar-refractivity contribution in [2.75, 3.05) is 6.54 Å². The van der Waals surface area contributed by atoms with Gasteiger partial charge in [-0.1, -0.05) is 13.8 Å². The van der Waals surface area contributed by atoms with Crippen LogP contribution in [0.25, 0.3) is 0 Å². The van der Waals surface area contributed by atoms with E-state index in [1.807, 2.05) is 0 Å². The predicted molar refractivity (Wildman–Crippen MR) is 60.3 cm³/mol. The van der Waals surface area contributed by atoms with Crippen LogP contribution in [0, 0.1) is 5.92 Å². The molecule has 2 heteroatoms. The van der Waals surface area contributed by atoms with Crippen molar-refractivity contribution in [1.29, 1.82) is 0 Å². The van der Waals surface area contributed by atoms with E-state index < -0.39 is 0 Å². The van der Waals surface area contributed by atoms with Crippen molar-refractivity contribution in [3.8, 4) is 0 Å². The maximum atomic E-state index is 9.54. The van der Waals surface area contributed by atoms with Gasteiger partial charge in [0.1, 0.15) is 0 Å². The topological polar surface area (TPSA) is 23.5 Å². The zero-order valence-electron chi connectivity index (χ0n) is 10.0. The molecule has 84 valence electrons. The lowest BCUT2D eigenvalue weighted by Crippen LogP contribution is -2.41. The molecule has 1 N–H and O–H groups in total. The molecule has 1 fully saturated rings. The minimum atomic E-state index is -0.0478. The molecule has 0 radical (unpaired) electrons. The number of nitrogens with zero attached hydrogens (tertiary/aromatic N) is 1. The van der Waals surface area contributed by atoms with E-state index in [-0.39, 0.29) is 6.10 Å². The summed E-state index contributed by atoms with van der Waals surface area (Å²) < 4.78 is 0. The highest BCUT2D eigenvalue weighted by Crippen LogP contribution is 2.26. The third kappa shape index (κ3) is 3.25. The summed E-state index contributed by atoms with van der Waals surface area (Å²) in [6, 6.07) is 1.22. The summed E-state index contributed by atoms with van der Waals surface area (Å²) >= 11 is 0. The van der Waals surface area contributed by atoms with Crippen molar-refractivity contribution in [2.45, 2.75) is 65.1 Å². The Bertz CT molecular complexity index is 168. The SMILES string of the molecule is CC(C)CN(C(C)C)C1CCC(O)C1. The first kappa shape index (κ1) is 12.0. The van der Waals surface area contributed by atoms with Crippen LogP contribution in [0.4, 0.5) is 0 Å². The quantitative estimate of drug-likeness (QED) is 0.751. The maximum Gasteiger partial charge on any atom is 0.0555 e. The van der Waals surface area contributed by atoms with Gasteiger partial charge in [0.2, 0.25) is 0 Å². The number of aliphatic hydroxyl groups excluding tert-OH is 1. The standard InChI is InChI=1S/C12H25NO/c1-9(2)8-13(10(3)4)11-5-6-12(14)7-11/h9-12,14H,5-8H2,1-4H3. The van der Waals surface area contributed by atoms with Crippen molar-refractivity contribution in [1.82, 2.24) is 4.90 Å². The highest BCUT2D eigenvalue weighted by Gasteiger charge is 2.29. The van der Waals surface area contributed by atoms with Crippen LogP contribution in [0.15, 0.2) is 0 Å². The smallest absolute Gasteiger partial charge is 0.0555 e. The van der Waals surface area contributed by atoms with Gasteiger partial charge in [0.25, 0.3) is 0 Å². The molecular formula is C12H25NO. The largest absolute Gasteiger partial charge is 0.393 e. The lowest BCUT2D eigenvalue weighted by atomic mass is 10.1. The molecule has 14 heavy (non-hydrogen) atoms. The predicted octanol–water partition coefficient (Wildman–Crippen LogP) is 2.27. The van der Waals surface area contributed by atoms with Gasteiger partial charge in [-0.2, -0.15) is 0 Å². The molecule has 1 rings (SSSR count). The second-order valence-corrected chi connectivity index (χ2v) is 5.31. The Hall–Kier alpha value is -0.0800. The van der Waals surface area contributed by atoms with Crippen molar-refractivity contribution in [3.63, 3.8) is 0 Å². The van der Waals surface area contributed by atoms with Crippen LogP contribution in [-0.2, 0) is 0 Å². The van der Waals surface area contributed by atoms with Crippen molar-refractivity contribution >= 4 is 0 Å². The second-order valence-electron chi connectivity index (χ2n) is 5.31. The summed E-state index contributed by atoms with van der Waals surface area (Å²) in [5.74, 6) is 0.718. The molecule has 2 unspecified atom stereocenters. The zero-order valence-corrected chi connectivity index (χ0v) is 10.0. The first-order valence-electron chi connectivity index (χ1n) is 5.94. The minimum Gasteiger partial charge on any atom is -0.393 e. The Kier molecular flexibility index (Phi) is 4.39. The van der Waals surface area contributed by atoms with Gasteiger partial charge in [0.05, 0.1) is 6.10 Å². The lowest BCUT2D eigenvalue weighted by Gasteiger charge is -2.34. The molecule has 0 saturated heterocycles. The summed E-state index contributed by atoms with van der Waals surface area (Å²) in [7, 11) is 0. The van der Waals surface area contributed by atoms with Gasteiger partial charge in [-0.25, -0.2) is 0 Å². The molecule has 1 aliphatic carbocycles. The van der Waals surface area contributed by atoms with Crippen molar-refractivity contribution in [2.24, 2.45) is 5.92 Å². The van der Waals surface area contributed by atoms with Gasteiger partial charge in [-0.05, 0) is 39.0 Å². The van der Waals surface area contributed by atoms with Crippen molar-refractivity contribution < 1.29 is 5.11 Å². The van der Waals surface area contributed by atoms with Gasteiger partial charge < -0.3 is 5.11 Å². The minimum absolute atomic E-state index is 0.0478. The molecular weight excluding hydrogens is 174 g/mol. The number of rotatable bonds is 4. The van der Waals surface area contributed by atoms with Crippen molar-refractivity contribution in [3.05, 3.63) is 0 Å². The Balaban J connectivity index is 2.50. The molecule has 0 spiro atoms. The molecule has 0 aromatic rings. The Morgan fingerprint density at radius 2 is 1.86 bits per heavy atom. The fourth-order valence-corrected chi connectivity index (χ4v) is 2.44. The summed E-state index contributed by atoms with van der Waals surface area (Å²) in [5.41, 5.74) is 0. The lowest BCUT2D eigenvalue weighted by molar-refractivity contribution is 0.117. The average molecular weight is 199 g/mol. The van der Waals surface area contributed by atoms with Gasteiger partial charge in [-0.3, -0.25) is 4.90 Å². The first-order valence-corrected chi connectivity index (χ1v) is 5.94. The van der Waals surface area contributed by atoms with Crippen LogP contribution in [0.2, 0.25) is 0 Å². The zero-order chi connectivity index (χ0) is 10.7. The van der Waals surface area contributed by atoms with Gasteiger partial charge in [0, 0.05) is 18.6 Å². The number of hydrogen-bond acceptors (Lipinski definition) is 2. The summed E-state index contributed by atoms with van der Waals surface area (Å²) in [4.78, 5) is 2.56. The van der Waals surface area contributed by atoms with E-state index in [1.54, 1.807) is 0 Å². The van der Waals surface area contributed by atoms with Crippen LogP contribution in [0.1, 0.15) is 47.0 Å². The number of hydrogen-bond donors (Lipinski definition) is 1. The molecule has 1 aliphatic rings. The molecule has 0 aromatic carbocycles. The highest BCUT2D eigenvalue weighted by atomic mass is 16.3. The first-order chi connectivity index (χ1) is 6.50. The molecule has 0 amide bonds. The fraction of sp³-hybridized carbons (Fsp3) is 1.00. The van der Waals surface area contributed by atoms with E-state index in [1.165, 1.54) is 6.42 Å². The summed E-state index contributed by atoms with van der Waals surface area (Å²) in [5, 5.41) is 9.54. The van der Waals surface area contributed by atoms with Crippen LogP contribution in [0.3, 0.4) is 0 Å². The molecule has 2 nitrogen and oxygen atoms in total. The van der Waals surface area contributed by atoms with Crippen LogP contribution in [0.5, 0.6) is 0 Å². The van der Waals surface area contributed by atoms with E-state index in [4.69, 9.17) is 0 Å². The molecule has 0 heterocycles. The van der Waals surface area contributed by atoms with Gasteiger partial charge in [0.15, 0.2) is 0 Å². The molecule has 1 saturated carbocycles. The molecule has 0 aromatic heterocycles. The van der Waals surface area contributed by atoms with E-state index in [0.29, 0.717) is 12.1 Å². The van der Waals surface area contributed by atoms with E-state index >= 15 is 0 Å². The van der Waals surface area contributed by atoms with Crippen LogP contribution in [-0.4, -0.2) is 34.7 Å². The molecule has 0 bridgehead atoms.